The molecule has 2 aromatic heterocycles. The van der Waals surface area contributed by atoms with Crippen molar-refractivity contribution in [3.63, 3.8) is 0 Å². The molecule has 2 N–H and O–H groups in total. The molecule has 1 aliphatic heterocycles. The molecule has 122 valence electrons. The number of carbonyl (C=O) groups excluding carboxylic acids is 1. The van der Waals surface area contributed by atoms with E-state index in [-0.39, 0.29) is 11.5 Å². The van der Waals surface area contributed by atoms with Crippen molar-refractivity contribution in [2.75, 3.05) is 6.54 Å². The van der Waals surface area contributed by atoms with Crippen LogP contribution in [0.3, 0.4) is 0 Å². The largest absolute Gasteiger partial charge is 0.347 e. The van der Waals surface area contributed by atoms with Gasteiger partial charge in [0, 0.05) is 18.4 Å². The minimum Gasteiger partial charge on any atom is -0.347 e. The summed E-state index contributed by atoms with van der Waals surface area (Å²) < 4.78 is 0. The minimum atomic E-state index is -0.434. The molecular weight excluding hydrogens is 306 g/mol. The Morgan fingerprint density at radius 2 is 2.08 bits per heavy atom. The molecule has 1 aliphatic rings. The number of fused-ring (bicyclic) bond motifs is 2. The summed E-state index contributed by atoms with van der Waals surface area (Å²) in [4.78, 5) is 34.0. The summed E-state index contributed by atoms with van der Waals surface area (Å²) in [5.41, 5.74) is 2.38. The van der Waals surface area contributed by atoms with E-state index in [1.165, 1.54) is 0 Å². The van der Waals surface area contributed by atoms with Gasteiger partial charge in [-0.3, -0.25) is 9.59 Å². The molecule has 3 aromatic rings. The maximum atomic E-state index is 12.9. The molecule has 4 rings (SSSR count). The zero-order valence-electron chi connectivity index (χ0n) is 13.2. The summed E-state index contributed by atoms with van der Waals surface area (Å²) in [6.07, 6.45) is 2.41. The number of hydrogen-bond acceptors (Lipinski definition) is 4. The van der Waals surface area contributed by atoms with Crippen molar-refractivity contribution < 1.29 is 4.79 Å². The molecule has 0 bridgehead atoms. The predicted octanol–water partition coefficient (Wildman–Crippen LogP) is 1.33. The fraction of sp³-hybridized carbons (Fsp3) is 0.294. The van der Waals surface area contributed by atoms with Crippen LogP contribution in [0, 0.1) is 0 Å². The van der Waals surface area contributed by atoms with Crippen LogP contribution in [-0.4, -0.2) is 37.5 Å². The van der Waals surface area contributed by atoms with E-state index in [1.54, 1.807) is 18.5 Å². The van der Waals surface area contributed by atoms with Crippen LogP contribution in [0.2, 0.25) is 0 Å². The number of carbonyl (C=O) groups is 1. The number of amides is 1. The van der Waals surface area contributed by atoms with E-state index in [9.17, 15) is 9.59 Å². The number of H-pyrrole nitrogens is 2. The van der Waals surface area contributed by atoms with Gasteiger partial charge in [0.25, 0.3) is 5.56 Å². The Hall–Kier alpha value is -2.96. The van der Waals surface area contributed by atoms with Crippen LogP contribution in [0.15, 0.2) is 35.4 Å². The van der Waals surface area contributed by atoms with Gasteiger partial charge in [-0.15, -0.1) is 0 Å². The van der Waals surface area contributed by atoms with Crippen molar-refractivity contribution >= 4 is 16.7 Å². The molecule has 0 fully saturated rings. The van der Waals surface area contributed by atoms with Crippen LogP contribution < -0.4 is 5.56 Å². The first kappa shape index (κ1) is 14.6. The maximum absolute atomic E-state index is 12.9. The Bertz CT molecular complexity index is 974. The monoisotopic (exact) mass is 323 g/mol. The highest BCUT2D eigenvalue weighted by Gasteiger charge is 2.28. The van der Waals surface area contributed by atoms with Crippen LogP contribution in [0.25, 0.3) is 10.8 Å². The van der Waals surface area contributed by atoms with Crippen molar-refractivity contribution in [2.24, 2.45) is 0 Å². The third-order valence-corrected chi connectivity index (χ3v) is 4.59. The Kier molecular flexibility index (Phi) is 3.41. The van der Waals surface area contributed by atoms with Gasteiger partial charge in [-0.1, -0.05) is 18.2 Å². The highest BCUT2D eigenvalue weighted by molar-refractivity contribution is 5.91. The van der Waals surface area contributed by atoms with Gasteiger partial charge >= 0.3 is 0 Å². The predicted molar refractivity (Wildman–Crippen MR) is 88.5 cm³/mol. The number of benzene rings is 1. The van der Waals surface area contributed by atoms with Crippen molar-refractivity contribution in [1.82, 2.24) is 25.1 Å². The second-order valence-corrected chi connectivity index (χ2v) is 6.04. The highest BCUT2D eigenvalue weighted by Crippen LogP contribution is 2.25. The first-order valence-electron chi connectivity index (χ1n) is 7.92. The fourth-order valence-corrected chi connectivity index (χ4v) is 3.26. The molecule has 24 heavy (non-hydrogen) atoms. The van der Waals surface area contributed by atoms with E-state index >= 15 is 0 Å². The molecule has 7 heteroatoms. The molecule has 3 heterocycles. The molecule has 7 nitrogen and oxygen atoms in total. The summed E-state index contributed by atoms with van der Waals surface area (Å²) in [6.45, 7) is 3.00. The lowest BCUT2D eigenvalue weighted by Gasteiger charge is -2.28. The number of aromatic nitrogens is 4. The van der Waals surface area contributed by atoms with Gasteiger partial charge in [-0.05, 0) is 13.0 Å². The molecule has 0 radical (unpaired) electrons. The second kappa shape index (κ2) is 5.59. The molecule has 1 amide bonds. The third kappa shape index (κ3) is 2.29. The van der Waals surface area contributed by atoms with Crippen LogP contribution >= 0.6 is 0 Å². The summed E-state index contributed by atoms with van der Waals surface area (Å²) in [5, 5.41) is 7.93. The fourth-order valence-electron chi connectivity index (χ4n) is 3.26. The number of aromatic amines is 2. The second-order valence-electron chi connectivity index (χ2n) is 6.04. The Morgan fingerprint density at radius 1 is 1.29 bits per heavy atom. The average molecular weight is 323 g/mol. The van der Waals surface area contributed by atoms with Gasteiger partial charge in [0.15, 0.2) is 0 Å². The van der Waals surface area contributed by atoms with Crippen molar-refractivity contribution in [3.8, 4) is 0 Å². The molecule has 1 aromatic carbocycles. The van der Waals surface area contributed by atoms with E-state index in [0.29, 0.717) is 24.2 Å². The highest BCUT2D eigenvalue weighted by atomic mass is 16.2. The summed E-state index contributed by atoms with van der Waals surface area (Å²) >= 11 is 0. The van der Waals surface area contributed by atoms with Gasteiger partial charge in [-0.2, -0.15) is 5.10 Å². The van der Waals surface area contributed by atoms with E-state index in [2.05, 4.69) is 20.2 Å². The van der Waals surface area contributed by atoms with Crippen molar-refractivity contribution in [1.29, 1.82) is 0 Å². The molecule has 0 spiro atoms. The van der Waals surface area contributed by atoms with Crippen LogP contribution in [0.4, 0.5) is 0 Å². The van der Waals surface area contributed by atoms with Gasteiger partial charge in [0.2, 0.25) is 5.91 Å². The lowest BCUT2D eigenvalue weighted by Crippen LogP contribution is -2.38. The van der Waals surface area contributed by atoms with E-state index in [0.717, 1.165) is 23.2 Å². The van der Waals surface area contributed by atoms with E-state index in [4.69, 9.17) is 0 Å². The number of nitrogens with zero attached hydrogens (tertiary/aromatic N) is 3. The number of hydrogen-bond donors (Lipinski definition) is 2. The zero-order valence-corrected chi connectivity index (χ0v) is 13.2. The van der Waals surface area contributed by atoms with Gasteiger partial charge in [-0.25, -0.2) is 10.1 Å². The number of rotatable bonds is 2. The number of nitrogens with one attached hydrogen (secondary N) is 2. The van der Waals surface area contributed by atoms with Crippen molar-refractivity contribution in [3.05, 3.63) is 58.0 Å². The Morgan fingerprint density at radius 3 is 2.92 bits per heavy atom. The topological polar surface area (TPSA) is 94.7 Å². The normalized spacial score (nSPS) is 15.3. The van der Waals surface area contributed by atoms with Gasteiger partial charge in [0.1, 0.15) is 0 Å². The molecule has 0 unspecified atom stereocenters. The summed E-state index contributed by atoms with van der Waals surface area (Å²) in [7, 11) is 0. The lowest BCUT2D eigenvalue weighted by molar-refractivity contribution is -0.133. The average Bonchev–Trinajstić information content (AvgIpc) is 3.09. The standard InChI is InChI=1S/C17H17N5O2/c1-10(15-11-4-2-3-5-12(11)16(23)21-20-15)17(24)22-7-6-13-14(8-22)19-9-18-13/h2-5,9-10H,6-8H2,1H3,(H,18,19)(H,21,23)/t10-/m1/s1. The van der Waals surface area contributed by atoms with Crippen LogP contribution in [-0.2, 0) is 17.8 Å². The van der Waals surface area contributed by atoms with Crippen LogP contribution in [0.1, 0.15) is 29.9 Å². The number of imidazole rings is 1. The third-order valence-electron chi connectivity index (χ3n) is 4.59. The van der Waals surface area contributed by atoms with Crippen molar-refractivity contribution in [2.45, 2.75) is 25.8 Å². The Labute approximate surface area is 137 Å². The Balaban J connectivity index is 1.67. The summed E-state index contributed by atoms with van der Waals surface area (Å²) in [6, 6.07) is 7.23. The first-order valence-corrected chi connectivity index (χ1v) is 7.92. The van der Waals surface area contributed by atoms with Crippen LogP contribution in [0.5, 0.6) is 0 Å². The van der Waals surface area contributed by atoms with Gasteiger partial charge < -0.3 is 9.88 Å². The molecule has 0 saturated carbocycles. The smallest absolute Gasteiger partial charge is 0.272 e. The molecular formula is C17H17N5O2. The zero-order chi connectivity index (χ0) is 16.7. The molecule has 1 atom stereocenters. The van der Waals surface area contributed by atoms with E-state index in [1.807, 2.05) is 24.0 Å². The van der Waals surface area contributed by atoms with Gasteiger partial charge in [0.05, 0.1) is 41.3 Å². The SMILES string of the molecule is C[C@@H](C(=O)N1CCc2nc[nH]c2C1)c1n[nH]c(=O)c2ccccc12. The van der Waals surface area contributed by atoms with E-state index < -0.39 is 5.92 Å². The first-order chi connectivity index (χ1) is 11.6. The maximum Gasteiger partial charge on any atom is 0.272 e. The molecule has 0 saturated heterocycles. The molecule has 0 aliphatic carbocycles. The quantitative estimate of drug-likeness (QED) is 0.744. The minimum absolute atomic E-state index is 0.0000444. The lowest BCUT2D eigenvalue weighted by atomic mass is 9.99. The summed E-state index contributed by atoms with van der Waals surface area (Å²) in [5.74, 6) is -0.434.